The van der Waals surface area contributed by atoms with Crippen LogP contribution in [-0.2, 0) is 28.5 Å². The maximum absolute atomic E-state index is 11.3. The van der Waals surface area contributed by atoms with Crippen LogP contribution in [0.25, 0.3) is 0 Å². The molecule has 226 valence electrons. The SMILES string of the molecule is COCO[C@H]1CC[C@H]2[C@@H]3CC[C@H]4CC5(CC[C@]4(C)[C@H]3C(C/C=C/CCCCCCC(=O)OC)=C[C@]12C)OCCO5. The zero-order chi connectivity index (χ0) is 28.2. The molecule has 0 bridgehead atoms. The molecule has 4 fully saturated rings. The second-order valence-corrected chi connectivity index (χ2v) is 13.8. The maximum atomic E-state index is 11.3. The first-order valence-corrected chi connectivity index (χ1v) is 16.2. The summed E-state index contributed by atoms with van der Waals surface area (Å²) in [5.74, 6) is 2.29. The lowest BCUT2D eigenvalue weighted by atomic mass is 9.44. The van der Waals surface area contributed by atoms with Crippen LogP contribution in [0.4, 0.5) is 0 Å². The predicted molar refractivity (Wildman–Crippen MR) is 155 cm³/mol. The number of carbonyl (C=O) groups is 1. The highest BCUT2D eigenvalue weighted by atomic mass is 16.7. The Kier molecular flexibility index (Phi) is 9.81. The monoisotopic (exact) mass is 558 g/mol. The van der Waals surface area contributed by atoms with E-state index in [1.165, 1.54) is 45.6 Å². The van der Waals surface area contributed by atoms with Crippen molar-refractivity contribution in [1.82, 2.24) is 0 Å². The minimum Gasteiger partial charge on any atom is -0.469 e. The second kappa shape index (κ2) is 13.0. The molecule has 5 rings (SSSR count). The third kappa shape index (κ3) is 5.98. The van der Waals surface area contributed by atoms with Gasteiger partial charge in [0.05, 0.1) is 26.4 Å². The first-order valence-electron chi connectivity index (χ1n) is 16.2. The summed E-state index contributed by atoms with van der Waals surface area (Å²) in [7, 11) is 3.20. The number of esters is 1. The first-order chi connectivity index (χ1) is 19.4. The van der Waals surface area contributed by atoms with Gasteiger partial charge in [-0.25, -0.2) is 0 Å². The Labute approximate surface area is 242 Å². The summed E-state index contributed by atoms with van der Waals surface area (Å²) in [5.41, 5.74) is 2.04. The summed E-state index contributed by atoms with van der Waals surface area (Å²) in [6.45, 7) is 6.97. The molecule has 7 atom stereocenters. The summed E-state index contributed by atoms with van der Waals surface area (Å²) < 4.78 is 28.8. The van der Waals surface area contributed by atoms with Gasteiger partial charge in [-0.2, -0.15) is 0 Å². The van der Waals surface area contributed by atoms with E-state index in [-0.39, 0.29) is 23.3 Å². The highest BCUT2D eigenvalue weighted by Gasteiger charge is 2.62. The zero-order valence-electron chi connectivity index (χ0n) is 25.6. The summed E-state index contributed by atoms with van der Waals surface area (Å²) in [5, 5.41) is 0. The van der Waals surface area contributed by atoms with Gasteiger partial charge in [-0.3, -0.25) is 4.79 Å². The number of methoxy groups -OCH3 is 2. The number of hydrogen-bond acceptors (Lipinski definition) is 6. The Hall–Kier alpha value is -1.21. The van der Waals surface area contributed by atoms with Gasteiger partial charge in [0.15, 0.2) is 5.79 Å². The predicted octanol–water partition coefficient (Wildman–Crippen LogP) is 7.37. The molecule has 1 heterocycles. The van der Waals surface area contributed by atoms with Crippen LogP contribution in [0.15, 0.2) is 23.8 Å². The Morgan fingerprint density at radius 1 is 1.00 bits per heavy atom. The maximum Gasteiger partial charge on any atom is 0.305 e. The normalized spacial score (nSPS) is 38.2. The Balaban J connectivity index is 1.29. The van der Waals surface area contributed by atoms with Gasteiger partial charge in [0, 0.05) is 31.8 Å². The Bertz CT molecular complexity index is 921. The minimum absolute atomic E-state index is 0.0826. The fourth-order valence-corrected chi connectivity index (χ4v) is 9.64. The van der Waals surface area contributed by atoms with E-state index in [1.54, 1.807) is 12.7 Å². The molecule has 4 aliphatic carbocycles. The summed E-state index contributed by atoms with van der Waals surface area (Å²) >= 11 is 0. The molecule has 0 N–H and O–H groups in total. The molecule has 3 saturated carbocycles. The number of carbonyl (C=O) groups excluding carboxylic acids is 1. The Morgan fingerprint density at radius 2 is 1.80 bits per heavy atom. The molecule has 6 nitrogen and oxygen atoms in total. The Morgan fingerprint density at radius 3 is 2.58 bits per heavy atom. The molecular formula is C34H54O6. The lowest BCUT2D eigenvalue weighted by Crippen LogP contribution is -2.56. The van der Waals surface area contributed by atoms with Crippen LogP contribution in [0.2, 0.25) is 0 Å². The lowest BCUT2D eigenvalue weighted by Gasteiger charge is -2.61. The lowest BCUT2D eigenvalue weighted by molar-refractivity contribution is -0.223. The van der Waals surface area contributed by atoms with E-state index < -0.39 is 0 Å². The van der Waals surface area contributed by atoms with Gasteiger partial charge in [0.25, 0.3) is 0 Å². The van der Waals surface area contributed by atoms with E-state index >= 15 is 0 Å². The summed E-state index contributed by atoms with van der Waals surface area (Å²) in [4.78, 5) is 11.3. The average Bonchev–Trinajstić information content (AvgIpc) is 3.54. The summed E-state index contributed by atoms with van der Waals surface area (Å²) in [6.07, 6.45) is 23.1. The molecule has 0 aromatic rings. The van der Waals surface area contributed by atoms with E-state index in [0.717, 1.165) is 64.1 Å². The van der Waals surface area contributed by atoms with Crippen LogP contribution in [0.5, 0.6) is 0 Å². The molecule has 40 heavy (non-hydrogen) atoms. The molecule has 0 unspecified atom stereocenters. The van der Waals surface area contributed by atoms with Crippen LogP contribution in [0.1, 0.15) is 104 Å². The van der Waals surface area contributed by atoms with Crippen molar-refractivity contribution in [3.05, 3.63) is 23.8 Å². The van der Waals surface area contributed by atoms with Crippen molar-refractivity contribution >= 4 is 5.97 Å². The van der Waals surface area contributed by atoms with Gasteiger partial charge in [-0.1, -0.05) is 50.5 Å². The quantitative estimate of drug-likeness (QED) is 0.108. The molecule has 1 spiro atoms. The van der Waals surface area contributed by atoms with Crippen LogP contribution in [0, 0.1) is 34.5 Å². The number of hydrogen-bond donors (Lipinski definition) is 0. The van der Waals surface area contributed by atoms with Crippen molar-refractivity contribution in [3.8, 4) is 0 Å². The largest absolute Gasteiger partial charge is 0.469 e. The third-order valence-electron chi connectivity index (χ3n) is 11.6. The number of allylic oxidation sites excluding steroid dienone is 3. The van der Waals surface area contributed by atoms with E-state index in [4.69, 9.17) is 23.7 Å². The molecule has 5 aliphatic rings. The summed E-state index contributed by atoms with van der Waals surface area (Å²) in [6, 6.07) is 0. The smallest absolute Gasteiger partial charge is 0.305 e. The van der Waals surface area contributed by atoms with Gasteiger partial charge >= 0.3 is 5.97 Å². The molecule has 0 aromatic heterocycles. The first kappa shape index (κ1) is 30.3. The van der Waals surface area contributed by atoms with E-state index in [9.17, 15) is 4.79 Å². The molecule has 1 aliphatic heterocycles. The number of unbranched alkanes of at least 4 members (excludes halogenated alkanes) is 4. The highest BCUT2D eigenvalue weighted by molar-refractivity contribution is 5.68. The average molecular weight is 559 g/mol. The molecule has 6 heteroatoms. The van der Waals surface area contributed by atoms with Gasteiger partial charge in [-0.05, 0) is 86.9 Å². The van der Waals surface area contributed by atoms with E-state index in [2.05, 4.69) is 32.1 Å². The minimum atomic E-state index is -0.312. The van der Waals surface area contributed by atoms with Crippen molar-refractivity contribution in [2.24, 2.45) is 34.5 Å². The van der Waals surface area contributed by atoms with Gasteiger partial charge in [0.1, 0.15) is 6.79 Å². The van der Waals surface area contributed by atoms with Gasteiger partial charge in [0.2, 0.25) is 0 Å². The van der Waals surface area contributed by atoms with Crippen molar-refractivity contribution < 1.29 is 28.5 Å². The topological polar surface area (TPSA) is 63.2 Å². The number of fused-ring (bicyclic) bond motifs is 5. The van der Waals surface area contributed by atoms with Crippen LogP contribution >= 0.6 is 0 Å². The van der Waals surface area contributed by atoms with Crippen molar-refractivity contribution in [2.45, 2.75) is 116 Å². The van der Waals surface area contributed by atoms with Crippen molar-refractivity contribution in [2.75, 3.05) is 34.2 Å². The number of rotatable bonds is 12. The van der Waals surface area contributed by atoms with Gasteiger partial charge < -0.3 is 23.7 Å². The standard InChI is InChI=1S/C34H54O6/c1-32-18-19-34(39-20-21-40-34)23-26(32)14-15-27-28-16-17-29(38-24-36-3)33(28,2)22-25(31(27)32)12-10-8-6-5-7-9-11-13-30(35)37-4/h8,10,22,26-29,31H,5-7,9,11-21,23-24H2,1-4H3/b10-8+/t26-,27-,28-,29-,31-,32-,33-/m0/s1. The van der Waals surface area contributed by atoms with Crippen molar-refractivity contribution in [1.29, 1.82) is 0 Å². The third-order valence-corrected chi connectivity index (χ3v) is 11.6. The van der Waals surface area contributed by atoms with Gasteiger partial charge in [-0.15, -0.1) is 0 Å². The zero-order valence-corrected chi connectivity index (χ0v) is 25.6. The fourth-order valence-electron chi connectivity index (χ4n) is 9.64. The van der Waals surface area contributed by atoms with Crippen molar-refractivity contribution in [3.63, 3.8) is 0 Å². The molecule has 0 amide bonds. The van der Waals surface area contributed by atoms with E-state index in [0.29, 0.717) is 36.4 Å². The highest BCUT2D eigenvalue weighted by Crippen LogP contribution is 2.67. The van der Waals surface area contributed by atoms with E-state index in [1.807, 2.05) is 0 Å². The molecular weight excluding hydrogens is 504 g/mol. The number of ether oxygens (including phenoxy) is 5. The second-order valence-electron chi connectivity index (χ2n) is 13.8. The molecule has 1 saturated heterocycles. The fraction of sp³-hybridized carbons (Fsp3) is 0.853. The van der Waals surface area contributed by atoms with Crippen LogP contribution in [-0.4, -0.2) is 52.1 Å². The van der Waals surface area contributed by atoms with Crippen LogP contribution in [0.3, 0.4) is 0 Å². The molecule has 0 aromatic carbocycles. The van der Waals surface area contributed by atoms with Crippen LogP contribution < -0.4 is 0 Å². The molecule has 0 radical (unpaired) electrons.